The normalized spacial score (nSPS) is 24.5. The van der Waals surface area contributed by atoms with Crippen molar-refractivity contribution in [3.05, 3.63) is 95.8 Å². The fraction of sp³-hybridized carbons (Fsp3) is 0.515. The number of alkyl halides is 2. The van der Waals surface area contributed by atoms with Gasteiger partial charge in [-0.15, -0.1) is 13.2 Å². The molecule has 0 N–H and O–H groups in total. The molecule has 2 aromatic rings. The lowest BCUT2D eigenvalue weighted by Gasteiger charge is -2.29. The van der Waals surface area contributed by atoms with E-state index in [0.717, 1.165) is 69.3 Å². The van der Waals surface area contributed by atoms with E-state index in [1.54, 1.807) is 18.2 Å². The molecule has 0 heterocycles. The maximum Gasteiger partial charge on any atom is 0.360 e. The van der Waals surface area contributed by atoms with Gasteiger partial charge in [-0.3, -0.25) is 0 Å². The number of halogens is 3. The van der Waals surface area contributed by atoms with E-state index in [1.807, 2.05) is 30.4 Å². The molecule has 37 heavy (non-hydrogen) atoms. The van der Waals surface area contributed by atoms with Crippen molar-refractivity contribution < 1.29 is 17.9 Å². The first-order valence-electron chi connectivity index (χ1n) is 14.0. The lowest BCUT2D eigenvalue weighted by atomic mass is 9.77. The highest BCUT2D eigenvalue weighted by Crippen LogP contribution is 2.39. The number of ether oxygens (including phenoxy) is 1. The van der Waals surface area contributed by atoms with Crippen LogP contribution in [0.4, 0.5) is 13.2 Å². The minimum Gasteiger partial charge on any atom is -0.315 e. The molecule has 2 aliphatic rings. The van der Waals surface area contributed by atoms with Crippen molar-refractivity contribution in [2.75, 3.05) is 0 Å². The number of hydrogen-bond donors (Lipinski definition) is 0. The highest BCUT2D eigenvalue weighted by atomic mass is 19.3. The molecule has 0 aromatic heterocycles. The molecule has 2 fully saturated rings. The van der Waals surface area contributed by atoms with Gasteiger partial charge in [-0.1, -0.05) is 48.6 Å². The second-order valence-electron chi connectivity index (χ2n) is 11.1. The molecule has 2 aliphatic carbocycles. The van der Waals surface area contributed by atoms with Crippen LogP contribution in [0.3, 0.4) is 0 Å². The Morgan fingerprint density at radius 2 is 1.46 bits per heavy atom. The molecule has 0 saturated heterocycles. The Labute approximate surface area is 220 Å². The monoisotopic (exact) mass is 510 g/mol. The van der Waals surface area contributed by atoms with Crippen molar-refractivity contribution in [3.63, 3.8) is 0 Å². The van der Waals surface area contributed by atoms with Crippen molar-refractivity contribution in [1.29, 1.82) is 0 Å². The minimum atomic E-state index is -3.36. The second-order valence-corrected chi connectivity index (χ2v) is 11.1. The molecule has 4 heteroatoms. The summed E-state index contributed by atoms with van der Waals surface area (Å²) in [6.07, 6.45) is 11.2. The Kier molecular flexibility index (Phi) is 9.70. The van der Waals surface area contributed by atoms with Crippen LogP contribution in [0.25, 0.3) is 0 Å². The first-order chi connectivity index (χ1) is 17.9. The van der Waals surface area contributed by atoms with Gasteiger partial charge in [0, 0.05) is 5.56 Å². The molecule has 0 aliphatic heterocycles. The third kappa shape index (κ3) is 7.83. The average Bonchev–Trinajstić information content (AvgIpc) is 2.92. The Balaban J connectivity index is 1.26. The van der Waals surface area contributed by atoms with E-state index >= 15 is 0 Å². The first kappa shape index (κ1) is 27.7. The van der Waals surface area contributed by atoms with Gasteiger partial charge in [0.05, 0.1) is 13.0 Å². The van der Waals surface area contributed by atoms with E-state index < -0.39 is 25.0 Å². The van der Waals surface area contributed by atoms with Gasteiger partial charge in [0.1, 0.15) is 5.82 Å². The molecule has 0 radical (unpaired) electrons. The number of allylic oxidation sites excluding steroid dienone is 2. The van der Waals surface area contributed by atoms with Crippen LogP contribution in [-0.4, -0.2) is 6.11 Å². The third-order valence-corrected chi connectivity index (χ3v) is 8.58. The van der Waals surface area contributed by atoms with E-state index in [9.17, 15) is 13.2 Å². The lowest BCUT2D eigenvalue weighted by molar-refractivity contribution is -0.244. The predicted molar refractivity (Wildman–Crippen MR) is 145 cm³/mol. The highest BCUT2D eigenvalue weighted by Gasteiger charge is 2.31. The van der Waals surface area contributed by atoms with E-state index in [1.165, 1.54) is 18.1 Å². The Morgan fingerprint density at radius 1 is 0.838 bits per heavy atom. The molecule has 1 nitrogen and oxygen atoms in total. The Bertz CT molecular complexity index is 1010. The summed E-state index contributed by atoms with van der Waals surface area (Å²) >= 11 is 0. The maximum absolute atomic E-state index is 14.8. The first-order valence-corrected chi connectivity index (χ1v) is 14.0. The lowest BCUT2D eigenvalue weighted by Crippen LogP contribution is -2.24. The second kappa shape index (κ2) is 13.0. The van der Waals surface area contributed by atoms with Crippen LogP contribution in [0.5, 0.6) is 0 Å². The average molecular weight is 511 g/mol. The zero-order chi connectivity index (χ0) is 26.3. The molecule has 0 unspecified atom stereocenters. The molecule has 4 rings (SSSR count). The maximum atomic E-state index is 14.8. The minimum absolute atomic E-state index is 0.175. The van der Waals surface area contributed by atoms with Gasteiger partial charge in [-0.2, -0.15) is 8.78 Å². The van der Waals surface area contributed by atoms with Gasteiger partial charge >= 0.3 is 6.11 Å². The Hall–Kier alpha value is -2.33. The smallest absolute Gasteiger partial charge is 0.315 e. The van der Waals surface area contributed by atoms with E-state index in [0.29, 0.717) is 23.3 Å². The zero-order valence-electron chi connectivity index (χ0n) is 21.9. The molecule has 2 aromatic carbocycles. The zero-order valence-corrected chi connectivity index (χ0v) is 21.9. The molecule has 2 saturated carbocycles. The molecule has 0 spiro atoms. The largest absolute Gasteiger partial charge is 0.360 e. The molecule has 200 valence electrons. The SMILES string of the molecule is C=CCCC1CCC(c2ccc(COC(F)(F)Cc3ccc(C4CCC(C=C)CC4)cc3)c(F)c2)CC1. The molecular weight excluding hydrogens is 469 g/mol. The molecular formula is C33H41F3O. The van der Waals surface area contributed by atoms with Gasteiger partial charge in [-0.05, 0) is 111 Å². The van der Waals surface area contributed by atoms with Crippen molar-refractivity contribution in [3.8, 4) is 0 Å². The van der Waals surface area contributed by atoms with Gasteiger partial charge in [0.15, 0.2) is 0 Å². The van der Waals surface area contributed by atoms with Gasteiger partial charge in [-0.25, -0.2) is 4.39 Å². The van der Waals surface area contributed by atoms with Crippen molar-refractivity contribution in [2.24, 2.45) is 11.8 Å². The fourth-order valence-corrected chi connectivity index (χ4v) is 6.14. The van der Waals surface area contributed by atoms with E-state index in [4.69, 9.17) is 4.74 Å². The van der Waals surface area contributed by atoms with Crippen LogP contribution in [0, 0.1) is 17.7 Å². The molecule has 0 atom stereocenters. The Morgan fingerprint density at radius 3 is 2.08 bits per heavy atom. The topological polar surface area (TPSA) is 9.23 Å². The number of hydrogen-bond acceptors (Lipinski definition) is 1. The quantitative estimate of drug-likeness (QED) is 0.273. The van der Waals surface area contributed by atoms with Crippen LogP contribution >= 0.6 is 0 Å². The van der Waals surface area contributed by atoms with Crippen LogP contribution < -0.4 is 0 Å². The number of rotatable bonds is 11. The summed E-state index contributed by atoms with van der Waals surface area (Å²) in [4.78, 5) is 0. The summed E-state index contributed by atoms with van der Waals surface area (Å²) in [6, 6.07) is 12.5. The summed E-state index contributed by atoms with van der Waals surface area (Å²) in [5.74, 6) is 1.69. The van der Waals surface area contributed by atoms with E-state index in [2.05, 4.69) is 13.2 Å². The predicted octanol–water partition coefficient (Wildman–Crippen LogP) is 9.88. The van der Waals surface area contributed by atoms with Gasteiger partial charge in [0.2, 0.25) is 0 Å². The van der Waals surface area contributed by atoms with Crippen molar-refractivity contribution in [1.82, 2.24) is 0 Å². The highest BCUT2D eigenvalue weighted by molar-refractivity contribution is 5.28. The van der Waals surface area contributed by atoms with Crippen molar-refractivity contribution >= 4 is 0 Å². The van der Waals surface area contributed by atoms with Crippen LogP contribution in [0.15, 0.2) is 67.8 Å². The fourth-order valence-electron chi connectivity index (χ4n) is 6.14. The van der Waals surface area contributed by atoms with Crippen LogP contribution in [-0.2, 0) is 17.8 Å². The summed E-state index contributed by atoms with van der Waals surface area (Å²) in [6.45, 7) is 7.25. The van der Waals surface area contributed by atoms with Crippen LogP contribution in [0.2, 0.25) is 0 Å². The molecule has 0 bridgehead atoms. The summed E-state index contributed by atoms with van der Waals surface area (Å²) < 4.78 is 48.9. The standard InChI is InChI=1S/C33H41F3O/c1-3-5-6-25-9-15-29(16-10-25)30-19-20-31(32(34)21-30)23-37-33(35,36)22-26-11-17-28(18-12-26)27-13-7-24(4-2)8-14-27/h3-4,11-12,17-21,24-25,27,29H,1-2,5-10,13-16,22-23H2. The molecule has 0 amide bonds. The summed E-state index contributed by atoms with van der Waals surface area (Å²) in [5.41, 5.74) is 2.87. The van der Waals surface area contributed by atoms with Crippen LogP contribution in [0.1, 0.15) is 98.3 Å². The van der Waals surface area contributed by atoms with Gasteiger partial charge in [0.25, 0.3) is 0 Å². The number of benzene rings is 2. The van der Waals surface area contributed by atoms with E-state index in [-0.39, 0.29) is 5.56 Å². The van der Waals surface area contributed by atoms with Crippen molar-refractivity contribution in [2.45, 2.75) is 95.2 Å². The summed E-state index contributed by atoms with van der Waals surface area (Å²) in [7, 11) is 0. The summed E-state index contributed by atoms with van der Waals surface area (Å²) in [5, 5.41) is 0. The third-order valence-electron chi connectivity index (χ3n) is 8.58. The van der Waals surface area contributed by atoms with Gasteiger partial charge < -0.3 is 4.74 Å².